The standard InChI is InChI=1S/C11H22N2OSi/c1-10-8-11(9-12,6-7-13(10)2)14-15(3,4)5/h10H,6-8H2,1-5H3. The van der Waals surface area contributed by atoms with Crippen LogP contribution in [0.5, 0.6) is 0 Å². The third-order valence-electron chi connectivity index (χ3n) is 2.95. The SMILES string of the molecule is CC1CC(C#N)(O[Si](C)(C)C)CCN1C. The van der Waals surface area contributed by atoms with Gasteiger partial charge in [-0.25, -0.2) is 0 Å². The van der Waals surface area contributed by atoms with E-state index in [-0.39, 0.29) is 0 Å². The maximum Gasteiger partial charge on any atom is 0.185 e. The quantitative estimate of drug-likeness (QED) is 0.677. The maximum atomic E-state index is 9.34. The van der Waals surface area contributed by atoms with Crippen molar-refractivity contribution in [3.63, 3.8) is 0 Å². The van der Waals surface area contributed by atoms with Gasteiger partial charge in [-0.05, 0) is 33.6 Å². The molecule has 2 atom stereocenters. The molecule has 0 N–H and O–H groups in total. The van der Waals surface area contributed by atoms with Crippen LogP contribution in [0.1, 0.15) is 19.8 Å². The Morgan fingerprint density at radius 1 is 1.47 bits per heavy atom. The Morgan fingerprint density at radius 3 is 2.47 bits per heavy atom. The van der Waals surface area contributed by atoms with Crippen molar-refractivity contribution in [3.05, 3.63) is 0 Å². The smallest absolute Gasteiger partial charge is 0.185 e. The molecule has 1 aliphatic rings. The molecule has 1 fully saturated rings. The minimum atomic E-state index is -1.63. The summed E-state index contributed by atoms with van der Waals surface area (Å²) in [6.45, 7) is 9.57. The van der Waals surface area contributed by atoms with E-state index in [0.717, 1.165) is 19.4 Å². The van der Waals surface area contributed by atoms with Crippen LogP contribution in [0.3, 0.4) is 0 Å². The van der Waals surface area contributed by atoms with Gasteiger partial charge >= 0.3 is 0 Å². The average molecular weight is 226 g/mol. The fourth-order valence-electron chi connectivity index (χ4n) is 2.12. The number of likely N-dealkylation sites (tertiary alicyclic amines) is 1. The lowest BCUT2D eigenvalue weighted by Gasteiger charge is -2.42. The van der Waals surface area contributed by atoms with Crippen molar-refractivity contribution in [2.75, 3.05) is 13.6 Å². The Morgan fingerprint density at radius 2 is 2.07 bits per heavy atom. The third kappa shape index (κ3) is 3.30. The van der Waals surface area contributed by atoms with Crippen LogP contribution in [0, 0.1) is 11.3 Å². The average Bonchev–Trinajstić information content (AvgIpc) is 2.09. The summed E-state index contributed by atoms with van der Waals surface area (Å²) >= 11 is 0. The molecule has 2 unspecified atom stereocenters. The summed E-state index contributed by atoms with van der Waals surface area (Å²) < 4.78 is 6.09. The number of nitrogens with zero attached hydrogens (tertiary/aromatic N) is 2. The van der Waals surface area contributed by atoms with Gasteiger partial charge in [-0.15, -0.1) is 0 Å². The molecule has 0 bridgehead atoms. The van der Waals surface area contributed by atoms with E-state index in [0.29, 0.717) is 6.04 Å². The van der Waals surface area contributed by atoms with Crippen LogP contribution in [0.4, 0.5) is 0 Å². The van der Waals surface area contributed by atoms with Crippen molar-refractivity contribution in [1.82, 2.24) is 4.90 Å². The van der Waals surface area contributed by atoms with Gasteiger partial charge in [0.25, 0.3) is 0 Å². The highest BCUT2D eigenvalue weighted by molar-refractivity contribution is 6.69. The van der Waals surface area contributed by atoms with E-state index in [4.69, 9.17) is 4.43 Å². The molecule has 0 aromatic carbocycles. The van der Waals surface area contributed by atoms with Crippen molar-refractivity contribution < 1.29 is 4.43 Å². The van der Waals surface area contributed by atoms with Gasteiger partial charge in [0.15, 0.2) is 8.32 Å². The van der Waals surface area contributed by atoms with Crippen LogP contribution in [0.25, 0.3) is 0 Å². The number of hydrogen-bond acceptors (Lipinski definition) is 3. The Bertz CT molecular complexity index is 269. The van der Waals surface area contributed by atoms with Gasteiger partial charge in [0, 0.05) is 25.4 Å². The molecule has 0 radical (unpaired) electrons. The first-order chi connectivity index (χ1) is 6.78. The predicted octanol–water partition coefficient (Wildman–Crippen LogP) is 2.21. The van der Waals surface area contributed by atoms with E-state index in [1.54, 1.807) is 0 Å². The monoisotopic (exact) mass is 226 g/mol. The van der Waals surface area contributed by atoms with Gasteiger partial charge < -0.3 is 9.33 Å². The van der Waals surface area contributed by atoms with E-state index >= 15 is 0 Å². The summed E-state index contributed by atoms with van der Waals surface area (Å²) in [7, 11) is 0.481. The Labute approximate surface area is 94.2 Å². The Hall–Kier alpha value is -0.373. The van der Waals surface area contributed by atoms with Crippen LogP contribution in [0.15, 0.2) is 0 Å². The highest BCUT2D eigenvalue weighted by Gasteiger charge is 2.41. The second kappa shape index (κ2) is 4.24. The van der Waals surface area contributed by atoms with E-state index in [1.807, 2.05) is 0 Å². The summed E-state index contributed by atoms with van der Waals surface area (Å²) in [5.74, 6) is 0. The van der Waals surface area contributed by atoms with Gasteiger partial charge in [-0.2, -0.15) is 5.26 Å². The van der Waals surface area contributed by atoms with Crippen molar-refractivity contribution in [2.24, 2.45) is 0 Å². The maximum absolute atomic E-state index is 9.34. The summed E-state index contributed by atoms with van der Waals surface area (Å²) in [5.41, 5.74) is -0.517. The highest BCUT2D eigenvalue weighted by Crippen LogP contribution is 2.31. The van der Waals surface area contributed by atoms with Crippen molar-refractivity contribution in [1.29, 1.82) is 5.26 Å². The molecule has 0 amide bonds. The Kier molecular flexibility index (Phi) is 3.59. The first kappa shape index (κ1) is 12.7. The third-order valence-corrected chi connectivity index (χ3v) is 3.95. The molecule has 15 heavy (non-hydrogen) atoms. The van der Waals surface area contributed by atoms with E-state index in [9.17, 15) is 5.26 Å². The fourth-order valence-corrected chi connectivity index (χ4v) is 3.52. The normalized spacial score (nSPS) is 33.7. The van der Waals surface area contributed by atoms with Crippen molar-refractivity contribution >= 4 is 8.32 Å². The van der Waals surface area contributed by atoms with Crippen LogP contribution in [-0.2, 0) is 4.43 Å². The van der Waals surface area contributed by atoms with Gasteiger partial charge in [0.1, 0.15) is 5.60 Å². The second-order valence-electron chi connectivity index (χ2n) is 5.60. The van der Waals surface area contributed by atoms with Crippen LogP contribution >= 0.6 is 0 Å². The summed E-state index contributed by atoms with van der Waals surface area (Å²) in [5, 5.41) is 9.34. The van der Waals surface area contributed by atoms with Gasteiger partial charge in [0.05, 0.1) is 6.07 Å². The zero-order chi connectivity index (χ0) is 11.7. The molecule has 3 nitrogen and oxygen atoms in total. The second-order valence-corrected chi connectivity index (χ2v) is 10.0. The molecule has 0 aliphatic carbocycles. The molecule has 1 aliphatic heterocycles. The summed E-state index contributed by atoms with van der Waals surface area (Å²) in [6, 6.07) is 2.85. The topological polar surface area (TPSA) is 36.3 Å². The Balaban J connectivity index is 2.75. The molecule has 4 heteroatoms. The zero-order valence-electron chi connectivity index (χ0n) is 10.5. The first-order valence-electron chi connectivity index (χ1n) is 5.60. The summed E-state index contributed by atoms with van der Waals surface area (Å²) in [6.07, 6.45) is 1.68. The van der Waals surface area contributed by atoms with Crippen LogP contribution < -0.4 is 0 Å². The minimum absolute atomic E-state index is 0.440. The minimum Gasteiger partial charge on any atom is -0.400 e. The predicted molar refractivity (Wildman–Crippen MR) is 64.1 cm³/mol. The van der Waals surface area contributed by atoms with Crippen molar-refractivity contribution in [3.8, 4) is 6.07 Å². The zero-order valence-corrected chi connectivity index (χ0v) is 11.5. The summed E-state index contributed by atoms with van der Waals surface area (Å²) in [4.78, 5) is 2.29. The molecule has 86 valence electrons. The number of piperidine rings is 1. The molecule has 0 aromatic rings. The highest BCUT2D eigenvalue weighted by atomic mass is 28.4. The first-order valence-corrected chi connectivity index (χ1v) is 9.00. The molecule has 0 saturated carbocycles. The van der Waals surface area contributed by atoms with Crippen molar-refractivity contribution in [2.45, 2.75) is 51.0 Å². The van der Waals surface area contributed by atoms with Crippen LogP contribution in [-0.4, -0.2) is 38.5 Å². The lowest BCUT2D eigenvalue weighted by molar-refractivity contribution is 0.0223. The molecular weight excluding hydrogens is 204 g/mol. The number of rotatable bonds is 2. The molecular formula is C11H22N2OSi. The van der Waals surface area contributed by atoms with E-state index in [1.165, 1.54) is 0 Å². The number of nitriles is 1. The van der Waals surface area contributed by atoms with Gasteiger partial charge in [-0.3, -0.25) is 0 Å². The molecule has 0 aromatic heterocycles. The number of hydrogen-bond donors (Lipinski definition) is 0. The van der Waals surface area contributed by atoms with Gasteiger partial charge in [-0.1, -0.05) is 0 Å². The van der Waals surface area contributed by atoms with E-state index in [2.05, 4.69) is 44.6 Å². The van der Waals surface area contributed by atoms with E-state index < -0.39 is 13.9 Å². The molecule has 0 spiro atoms. The fraction of sp³-hybridized carbons (Fsp3) is 0.909. The molecule has 1 saturated heterocycles. The van der Waals surface area contributed by atoms with Gasteiger partial charge in [0.2, 0.25) is 0 Å². The molecule has 1 rings (SSSR count). The lowest BCUT2D eigenvalue weighted by atomic mass is 9.89. The lowest BCUT2D eigenvalue weighted by Crippen LogP contribution is -2.52. The largest absolute Gasteiger partial charge is 0.400 e. The van der Waals surface area contributed by atoms with Crippen LogP contribution in [0.2, 0.25) is 19.6 Å². The molecule has 1 heterocycles.